The molecule has 0 spiro atoms. The van der Waals surface area contributed by atoms with Gasteiger partial charge in [-0.15, -0.1) is 0 Å². The van der Waals surface area contributed by atoms with E-state index in [1.165, 1.54) is 11.3 Å². The van der Waals surface area contributed by atoms with Crippen LogP contribution in [0, 0.1) is 0 Å². The van der Waals surface area contributed by atoms with Crippen LogP contribution in [0.2, 0.25) is 0 Å². The number of aromatic nitrogens is 2. The fraction of sp³-hybridized carbons (Fsp3) is 0.206. The maximum Gasteiger partial charge on any atom is 0.338 e. The van der Waals surface area contributed by atoms with Gasteiger partial charge in [-0.25, -0.2) is 9.79 Å². The third-order valence-corrected chi connectivity index (χ3v) is 8.93. The van der Waals surface area contributed by atoms with Gasteiger partial charge in [-0.1, -0.05) is 57.6 Å². The number of halogens is 1. The molecule has 2 aromatic heterocycles. The highest BCUT2D eigenvalue weighted by molar-refractivity contribution is 9.10. The van der Waals surface area contributed by atoms with E-state index >= 15 is 0 Å². The summed E-state index contributed by atoms with van der Waals surface area (Å²) in [5.74, 6) is 0.711. The summed E-state index contributed by atoms with van der Waals surface area (Å²) in [6.45, 7) is 5.35. The van der Waals surface area contributed by atoms with E-state index in [0.29, 0.717) is 32.1 Å². The molecule has 8 nitrogen and oxygen atoms in total. The van der Waals surface area contributed by atoms with Crippen LogP contribution in [0.4, 0.5) is 0 Å². The molecule has 1 N–H and O–H groups in total. The van der Waals surface area contributed by atoms with Crippen molar-refractivity contribution in [2.24, 2.45) is 4.99 Å². The number of H-pyrrole nitrogens is 1. The van der Waals surface area contributed by atoms with E-state index in [-0.39, 0.29) is 17.2 Å². The fourth-order valence-corrected chi connectivity index (χ4v) is 6.91. The van der Waals surface area contributed by atoms with Crippen LogP contribution in [0.1, 0.15) is 37.9 Å². The molecule has 1 aliphatic rings. The van der Waals surface area contributed by atoms with Gasteiger partial charge in [-0.05, 0) is 68.8 Å². The lowest BCUT2D eigenvalue weighted by Gasteiger charge is -2.26. The second-order valence-corrected chi connectivity index (χ2v) is 12.5. The largest absolute Gasteiger partial charge is 0.497 e. The number of esters is 1. The van der Waals surface area contributed by atoms with Crippen molar-refractivity contribution < 1.29 is 19.0 Å². The number of benzene rings is 3. The van der Waals surface area contributed by atoms with E-state index in [0.717, 1.165) is 32.2 Å². The van der Waals surface area contributed by atoms with E-state index < -0.39 is 12.0 Å². The Balaban J connectivity index is 1.64. The van der Waals surface area contributed by atoms with Crippen LogP contribution in [0.25, 0.3) is 28.2 Å². The molecule has 0 radical (unpaired) electrons. The summed E-state index contributed by atoms with van der Waals surface area (Å²) in [6.07, 6.45) is 1.54. The fourth-order valence-electron chi connectivity index (χ4n) is 5.51. The van der Waals surface area contributed by atoms with E-state index in [1.54, 1.807) is 39.6 Å². The quantitative estimate of drug-likeness (QED) is 0.211. The van der Waals surface area contributed by atoms with Crippen molar-refractivity contribution in [2.45, 2.75) is 32.9 Å². The van der Waals surface area contributed by atoms with E-state index in [2.05, 4.69) is 20.9 Å². The van der Waals surface area contributed by atoms with Gasteiger partial charge < -0.3 is 19.2 Å². The Morgan fingerprint density at radius 3 is 2.55 bits per heavy atom. The molecule has 0 aliphatic carbocycles. The van der Waals surface area contributed by atoms with Gasteiger partial charge in [-0.3, -0.25) is 9.36 Å². The summed E-state index contributed by atoms with van der Waals surface area (Å²) in [6, 6.07) is 20.5. The van der Waals surface area contributed by atoms with Gasteiger partial charge in [0.2, 0.25) is 0 Å². The molecule has 10 heteroatoms. The van der Waals surface area contributed by atoms with Gasteiger partial charge in [0.25, 0.3) is 5.56 Å². The van der Waals surface area contributed by atoms with Crippen molar-refractivity contribution in [3.63, 3.8) is 0 Å². The van der Waals surface area contributed by atoms with Crippen LogP contribution >= 0.6 is 27.3 Å². The Kier molecular flexibility index (Phi) is 8.04. The summed E-state index contributed by atoms with van der Waals surface area (Å²) in [4.78, 5) is 36.7. The minimum atomic E-state index is -0.816. The Morgan fingerprint density at radius 2 is 1.84 bits per heavy atom. The summed E-state index contributed by atoms with van der Waals surface area (Å²) in [5.41, 5.74) is 4.75. The molecule has 0 bridgehead atoms. The van der Waals surface area contributed by atoms with E-state index in [1.807, 2.05) is 72.8 Å². The number of allylic oxidation sites excluding steroid dienone is 1. The summed E-state index contributed by atoms with van der Waals surface area (Å²) >= 11 is 4.83. The number of carbonyl (C=O) groups is 1. The number of rotatable bonds is 7. The Hall–Kier alpha value is -4.41. The predicted octanol–water partition coefficient (Wildman–Crippen LogP) is 6.11. The molecule has 0 saturated carbocycles. The number of ether oxygens (including phenoxy) is 3. The topological polar surface area (TPSA) is 94.9 Å². The van der Waals surface area contributed by atoms with Gasteiger partial charge in [0.05, 0.1) is 41.8 Å². The molecule has 1 atom stereocenters. The van der Waals surface area contributed by atoms with Crippen LogP contribution in [0.5, 0.6) is 11.5 Å². The molecule has 0 amide bonds. The number of thiazole rings is 1. The molecule has 224 valence electrons. The second kappa shape index (κ2) is 11.9. The van der Waals surface area contributed by atoms with Gasteiger partial charge in [-0.2, -0.15) is 0 Å². The van der Waals surface area contributed by atoms with Crippen molar-refractivity contribution in [3.05, 3.63) is 113 Å². The highest BCUT2D eigenvalue weighted by Gasteiger charge is 2.35. The lowest BCUT2D eigenvalue weighted by Crippen LogP contribution is -2.40. The average molecular weight is 673 g/mol. The second-order valence-electron chi connectivity index (χ2n) is 10.6. The van der Waals surface area contributed by atoms with Gasteiger partial charge >= 0.3 is 5.97 Å². The van der Waals surface area contributed by atoms with Crippen LogP contribution in [0.3, 0.4) is 0 Å². The van der Waals surface area contributed by atoms with E-state index in [9.17, 15) is 9.59 Å². The highest BCUT2D eigenvalue weighted by Crippen LogP contribution is 2.38. The standard InChI is InChI=1S/C34H30BrN3O5S/c1-18(2)43-33(40)29-19(3)36-34-38(31(29)25-15-21(35)11-14-27(25)42-5)32(39)28(44-34)17-24-23-16-22(41-4)12-13-26(23)37-30(24)20-9-7-6-8-10-20/h6-18,31,37H,1-5H3/b28-17-/t31-/m1/s1. The van der Waals surface area contributed by atoms with Crippen LogP contribution in [0.15, 0.2) is 92.3 Å². The molecule has 0 fully saturated rings. The van der Waals surface area contributed by atoms with Crippen molar-refractivity contribution in [3.8, 4) is 22.8 Å². The van der Waals surface area contributed by atoms with Crippen molar-refractivity contribution in [1.29, 1.82) is 0 Å². The minimum Gasteiger partial charge on any atom is -0.497 e. The molecule has 3 heterocycles. The van der Waals surface area contributed by atoms with Gasteiger partial charge in [0.15, 0.2) is 4.80 Å². The third-order valence-electron chi connectivity index (χ3n) is 7.45. The predicted molar refractivity (Wildman–Crippen MR) is 176 cm³/mol. The number of nitrogens with zero attached hydrogens (tertiary/aromatic N) is 2. The number of methoxy groups -OCH3 is 2. The normalized spacial score (nSPS) is 15.0. The Morgan fingerprint density at radius 1 is 1.07 bits per heavy atom. The van der Waals surface area contributed by atoms with Crippen molar-refractivity contribution >= 4 is 50.2 Å². The number of nitrogens with one attached hydrogen (secondary N) is 1. The number of hydrogen-bond acceptors (Lipinski definition) is 7. The molecule has 44 heavy (non-hydrogen) atoms. The highest BCUT2D eigenvalue weighted by atomic mass is 79.9. The zero-order valence-corrected chi connectivity index (χ0v) is 27.2. The zero-order chi connectivity index (χ0) is 31.1. The zero-order valence-electron chi connectivity index (χ0n) is 24.8. The van der Waals surface area contributed by atoms with Crippen LogP contribution in [-0.4, -0.2) is 35.8 Å². The van der Waals surface area contributed by atoms with Crippen molar-refractivity contribution in [1.82, 2.24) is 9.55 Å². The SMILES string of the molecule is COc1ccc2[nH]c(-c3ccccc3)c(/C=c3\sc4n(c3=O)[C@H](c3cc(Br)ccc3OC)C(C(=O)OC(C)C)=C(C)N=4)c2c1. The lowest BCUT2D eigenvalue weighted by molar-refractivity contribution is -0.143. The number of aromatic amines is 1. The average Bonchev–Trinajstić information content (AvgIpc) is 3.52. The van der Waals surface area contributed by atoms with E-state index in [4.69, 9.17) is 19.2 Å². The molecule has 6 rings (SSSR count). The Bertz CT molecular complexity index is 2130. The molecule has 0 saturated heterocycles. The van der Waals surface area contributed by atoms with Gasteiger partial charge in [0.1, 0.15) is 17.5 Å². The first-order chi connectivity index (χ1) is 21.2. The first-order valence-electron chi connectivity index (χ1n) is 14.0. The first kappa shape index (κ1) is 29.7. The summed E-state index contributed by atoms with van der Waals surface area (Å²) < 4.78 is 19.7. The summed E-state index contributed by atoms with van der Waals surface area (Å²) in [5, 5.41) is 0.914. The van der Waals surface area contributed by atoms with Crippen LogP contribution in [-0.2, 0) is 9.53 Å². The van der Waals surface area contributed by atoms with Crippen LogP contribution < -0.4 is 24.4 Å². The Labute approximate surface area is 266 Å². The first-order valence-corrected chi connectivity index (χ1v) is 15.6. The number of fused-ring (bicyclic) bond motifs is 2. The van der Waals surface area contributed by atoms with Gasteiger partial charge in [0, 0.05) is 26.5 Å². The molecule has 5 aromatic rings. The third kappa shape index (κ3) is 5.28. The smallest absolute Gasteiger partial charge is 0.338 e. The number of carbonyl (C=O) groups excluding carboxylic acids is 1. The maximum absolute atomic E-state index is 14.4. The molecule has 0 unspecified atom stereocenters. The molecular weight excluding hydrogens is 642 g/mol. The minimum absolute atomic E-state index is 0.278. The molecule has 1 aliphatic heterocycles. The van der Waals surface area contributed by atoms with Crippen molar-refractivity contribution in [2.75, 3.05) is 14.2 Å². The molecular formula is C34H30BrN3O5S. The lowest BCUT2D eigenvalue weighted by atomic mass is 9.95. The molecule has 3 aromatic carbocycles. The monoisotopic (exact) mass is 671 g/mol. The summed E-state index contributed by atoms with van der Waals surface area (Å²) in [7, 11) is 3.19. The number of hydrogen-bond donors (Lipinski definition) is 1. The maximum atomic E-state index is 14.4.